The summed E-state index contributed by atoms with van der Waals surface area (Å²) in [5, 5.41) is 4.17. The molecule has 1 amide bonds. The van der Waals surface area contributed by atoms with Gasteiger partial charge in [0.2, 0.25) is 5.91 Å². The van der Waals surface area contributed by atoms with Crippen LogP contribution in [0, 0.1) is 6.92 Å². The van der Waals surface area contributed by atoms with E-state index >= 15 is 0 Å². The second kappa shape index (κ2) is 6.94. The van der Waals surface area contributed by atoms with Crippen molar-refractivity contribution in [3.8, 4) is 0 Å². The highest BCUT2D eigenvalue weighted by Crippen LogP contribution is 2.36. The number of rotatable bonds is 4. The largest absolute Gasteiger partial charge is 0.325 e. The highest BCUT2D eigenvalue weighted by molar-refractivity contribution is 7.18. The predicted octanol–water partition coefficient (Wildman–Crippen LogP) is 4.38. The van der Waals surface area contributed by atoms with Crippen LogP contribution in [-0.2, 0) is 4.79 Å². The third-order valence-corrected chi connectivity index (χ3v) is 5.86. The van der Waals surface area contributed by atoms with Crippen LogP contribution in [0.2, 0.25) is 0 Å². The van der Waals surface area contributed by atoms with Crippen LogP contribution in [0.1, 0.15) is 29.5 Å². The normalized spacial score (nSPS) is 17.9. The van der Waals surface area contributed by atoms with E-state index in [9.17, 15) is 4.79 Å². The molecule has 128 valence electrons. The molecule has 5 heteroatoms. The summed E-state index contributed by atoms with van der Waals surface area (Å²) in [6.07, 6.45) is 2.18. The smallest absolute Gasteiger partial charge is 0.238 e. The first kappa shape index (κ1) is 16.2. The lowest BCUT2D eigenvalue weighted by Gasteiger charge is -2.22. The van der Waals surface area contributed by atoms with Crippen molar-refractivity contribution in [2.24, 2.45) is 0 Å². The molecule has 1 fully saturated rings. The Labute approximate surface area is 151 Å². The fourth-order valence-corrected chi connectivity index (χ4v) is 4.55. The molecule has 0 spiro atoms. The summed E-state index contributed by atoms with van der Waals surface area (Å²) in [7, 11) is 0. The Morgan fingerprint density at radius 2 is 2.04 bits per heavy atom. The quantitative estimate of drug-likeness (QED) is 0.759. The zero-order chi connectivity index (χ0) is 17.2. The van der Waals surface area contributed by atoms with Gasteiger partial charge in [0.15, 0.2) is 0 Å². The average Bonchev–Trinajstić information content (AvgIpc) is 3.23. The third kappa shape index (κ3) is 3.43. The first-order valence-corrected chi connectivity index (χ1v) is 9.47. The van der Waals surface area contributed by atoms with Gasteiger partial charge in [-0.2, -0.15) is 0 Å². The molecule has 0 bridgehead atoms. The van der Waals surface area contributed by atoms with Crippen molar-refractivity contribution in [2.75, 3.05) is 18.4 Å². The second-order valence-electron chi connectivity index (χ2n) is 6.51. The maximum atomic E-state index is 12.5. The Bertz CT molecular complexity index is 872. The number of nitrogens with zero attached hydrogens (tertiary/aromatic N) is 2. The van der Waals surface area contributed by atoms with Gasteiger partial charge in [0.1, 0.15) is 5.01 Å². The van der Waals surface area contributed by atoms with Crippen molar-refractivity contribution in [3.05, 3.63) is 59.1 Å². The van der Waals surface area contributed by atoms with Crippen molar-refractivity contribution in [3.63, 3.8) is 0 Å². The average molecular weight is 351 g/mol. The topological polar surface area (TPSA) is 45.2 Å². The van der Waals surface area contributed by atoms with Crippen molar-refractivity contribution in [2.45, 2.75) is 25.8 Å². The fraction of sp³-hybridized carbons (Fsp3) is 0.300. The third-order valence-electron chi connectivity index (χ3n) is 4.73. The minimum atomic E-state index is 0.0438. The molecule has 1 aliphatic heterocycles. The van der Waals surface area contributed by atoms with Crippen molar-refractivity contribution >= 4 is 33.1 Å². The fourth-order valence-electron chi connectivity index (χ4n) is 3.41. The van der Waals surface area contributed by atoms with Gasteiger partial charge >= 0.3 is 0 Å². The first-order valence-electron chi connectivity index (χ1n) is 8.66. The summed E-state index contributed by atoms with van der Waals surface area (Å²) >= 11 is 1.75. The Morgan fingerprint density at radius 3 is 2.88 bits per heavy atom. The van der Waals surface area contributed by atoms with E-state index in [0.717, 1.165) is 41.2 Å². The molecule has 1 aromatic heterocycles. The van der Waals surface area contributed by atoms with E-state index in [0.29, 0.717) is 6.54 Å². The monoisotopic (exact) mass is 351 g/mol. The predicted molar refractivity (Wildman–Crippen MR) is 103 cm³/mol. The summed E-state index contributed by atoms with van der Waals surface area (Å²) in [6, 6.07) is 16.4. The van der Waals surface area contributed by atoms with Gasteiger partial charge in [0, 0.05) is 5.69 Å². The molecule has 3 aromatic rings. The molecule has 25 heavy (non-hydrogen) atoms. The molecule has 1 N–H and O–H groups in total. The lowest BCUT2D eigenvalue weighted by Crippen LogP contribution is -2.33. The van der Waals surface area contributed by atoms with E-state index in [-0.39, 0.29) is 11.9 Å². The minimum Gasteiger partial charge on any atom is -0.325 e. The van der Waals surface area contributed by atoms with Crippen LogP contribution in [0.25, 0.3) is 10.2 Å². The zero-order valence-corrected chi connectivity index (χ0v) is 15.1. The van der Waals surface area contributed by atoms with Crippen LogP contribution < -0.4 is 5.32 Å². The van der Waals surface area contributed by atoms with Crippen LogP contribution in [0.15, 0.2) is 48.5 Å². The first-order chi connectivity index (χ1) is 12.2. The van der Waals surface area contributed by atoms with E-state index < -0.39 is 0 Å². The number of hydrogen-bond acceptors (Lipinski definition) is 4. The van der Waals surface area contributed by atoms with Crippen LogP contribution in [0.4, 0.5) is 5.69 Å². The molecule has 0 radical (unpaired) electrons. The van der Waals surface area contributed by atoms with Gasteiger partial charge in [0.25, 0.3) is 0 Å². The molecule has 0 aliphatic carbocycles. The van der Waals surface area contributed by atoms with Gasteiger partial charge in [-0.05, 0) is 50.1 Å². The Kier molecular flexibility index (Phi) is 4.51. The minimum absolute atomic E-state index is 0.0438. The number of aromatic nitrogens is 1. The number of amides is 1. The number of likely N-dealkylation sites (tertiary alicyclic amines) is 1. The number of thiazole rings is 1. The molecule has 1 saturated heterocycles. The van der Waals surface area contributed by atoms with E-state index in [1.54, 1.807) is 11.3 Å². The van der Waals surface area contributed by atoms with Crippen LogP contribution in [0.3, 0.4) is 0 Å². The molecule has 4 rings (SSSR count). The summed E-state index contributed by atoms with van der Waals surface area (Å²) < 4.78 is 1.22. The lowest BCUT2D eigenvalue weighted by atomic mass is 10.2. The number of aryl methyl sites for hydroxylation is 1. The van der Waals surface area contributed by atoms with Gasteiger partial charge in [-0.15, -0.1) is 11.3 Å². The molecule has 0 saturated carbocycles. The highest BCUT2D eigenvalue weighted by atomic mass is 32.1. The number of para-hydroxylation sites is 2. The van der Waals surface area contributed by atoms with E-state index in [4.69, 9.17) is 4.98 Å². The van der Waals surface area contributed by atoms with Crippen molar-refractivity contribution in [1.82, 2.24) is 9.88 Å². The van der Waals surface area contributed by atoms with Gasteiger partial charge in [-0.3, -0.25) is 9.69 Å². The number of benzene rings is 2. The Morgan fingerprint density at radius 1 is 1.24 bits per heavy atom. The summed E-state index contributed by atoms with van der Waals surface area (Å²) in [5.74, 6) is 0.0438. The number of anilines is 1. The summed E-state index contributed by atoms with van der Waals surface area (Å²) in [6.45, 7) is 3.37. The number of carbonyl (C=O) groups is 1. The standard InChI is InChI=1S/C20H21N3OS/c1-14-7-2-3-8-15(14)21-19(24)13-23-12-6-10-17(23)20-22-16-9-4-5-11-18(16)25-20/h2-5,7-9,11,17H,6,10,12-13H2,1H3,(H,21,24)/t17-/m1/s1. The molecule has 1 aliphatic rings. The van der Waals surface area contributed by atoms with Gasteiger partial charge < -0.3 is 5.32 Å². The zero-order valence-electron chi connectivity index (χ0n) is 14.2. The molecule has 2 aromatic carbocycles. The molecule has 2 heterocycles. The van der Waals surface area contributed by atoms with E-state index in [2.05, 4.69) is 22.3 Å². The van der Waals surface area contributed by atoms with Crippen LogP contribution in [-0.4, -0.2) is 28.9 Å². The lowest BCUT2D eigenvalue weighted by molar-refractivity contribution is -0.117. The molecule has 4 nitrogen and oxygen atoms in total. The van der Waals surface area contributed by atoms with E-state index in [1.807, 2.05) is 43.3 Å². The summed E-state index contributed by atoms with van der Waals surface area (Å²) in [4.78, 5) is 19.6. The van der Waals surface area contributed by atoms with Crippen molar-refractivity contribution in [1.29, 1.82) is 0 Å². The van der Waals surface area contributed by atoms with E-state index in [1.165, 1.54) is 4.70 Å². The molecular formula is C20H21N3OS. The molecule has 0 unspecified atom stereocenters. The van der Waals surface area contributed by atoms with Gasteiger partial charge in [-0.1, -0.05) is 30.3 Å². The maximum Gasteiger partial charge on any atom is 0.238 e. The number of nitrogens with one attached hydrogen (secondary N) is 1. The highest BCUT2D eigenvalue weighted by Gasteiger charge is 2.30. The van der Waals surface area contributed by atoms with Crippen LogP contribution >= 0.6 is 11.3 Å². The molecule has 1 atom stereocenters. The number of carbonyl (C=O) groups excluding carboxylic acids is 1. The SMILES string of the molecule is Cc1ccccc1NC(=O)CN1CCC[C@@H]1c1nc2ccccc2s1. The van der Waals surface area contributed by atoms with Crippen molar-refractivity contribution < 1.29 is 4.79 Å². The molecular weight excluding hydrogens is 330 g/mol. The van der Waals surface area contributed by atoms with Gasteiger partial charge in [0.05, 0.1) is 22.8 Å². The Balaban J connectivity index is 1.48. The van der Waals surface area contributed by atoms with Crippen LogP contribution in [0.5, 0.6) is 0 Å². The summed E-state index contributed by atoms with van der Waals surface area (Å²) in [5.41, 5.74) is 3.03. The van der Waals surface area contributed by atoms with Gasteiger partial charge in [-0.25, -0.2) is 4.98 Å². The second-order valence-corrected chi connectivity index (χ2v) is 7.57. The number of hydrogen-bond donors (Lipinski definition) is 1. The number of fused-ring (bicyclic) bond motifs is 1. The Hall–Kier alpha value is -2.24. The maximum absolute atomic E-state index is 12.5.